The molecule has 8 heteroatoms. The lowest BCUT2D eigenvalue weighted by Gasteiger charge is -2.31. The van der Waals surface area contributed by atoms with Crippen LogP contribution in [0.25, 0.3) is 20.8 Å². The molecule has 0 bridgehead atoms. The van der Waals surface area contributed by atoms with Crippen molar-refractivity contribution < 1.29 is 17.6 Å². The number of sulfone groups is 1. The number of carbonyl (C=O) groups excluding carboxylic acids is 1. The number of fused-ring (bicyclic) bond motifs is 1. The van der Waals surface area contributed by atoms with E-state index in [2.05, 4.69) is 17.1 Å². The molecular formula is C21H21FN2O3S2. The van der Waals surface area contributed by atoms with Gasteiger partial charge in [-0.1, -0.05) is 6.07 Å². The van der Waals surface area contributed by atoms with Gasteiger partial charge in [0.05, 0.1) is 15.1 Å². The maximum atomic E-state index is 14.5. The van der Waals surface area contributed by atoms with Gasteiger partial charge in [0.2, 0.25) is 5.91 Å². The fraction of sp³-hybridized carbons (Fsp3) is 0.333. The summed E-state index contributed by atoms with van der Waals surface area (Å²) in [6, 6.07) is 10.0. The second-order valence-electron chi connectivity index (χ2n) is 7.44. The van der Waals surface area contributed by atoms with Gasteiger partial charge < -0.3 is 4.90 Å². The van der Waals surface area contributed by atoms with Crippen molar-refractivity contribution >= 4 is 37.3 Å². The van der Waals surface area contributed by atoms with Crippen LogP contribution in [-0.4, -0.2) is 43.6 Å². The van der Waals surface area contributed by atoms with Crippen molar-refractivity contribution in [2.45, 2.75) is 30.6 Å². The zero-order valence-electron chi connectivity index (χ0n) is 16.2. The maximum Gasteiger partial charge on any atom is 0.219 e. The second-order valence-corrected chi connectivity index (χ2v) is 10.5. The molecule has 0 aliphatic carbocycles. The highest BCUT2D eigenvalue weighted by Crippen LogP contribution is 2.36. The summed E-state index contributed by atoms with van der Waals surface area (Å²) >= 11 is 1.40. The molecule has 1 aliphatic heterocycles. The maximum absolute atomic E-state index is 14.5. The Kier molecular flexibility index (Phi) is 5.16. The van der Waals surface area contributed by atoms with Crippen molar-refractivity contribution in [1.82, 2.24) is 9.88 Å². The number of thiazole rings is 1. The van der Waals surface area contributed by atoms with E-state index in [-0.39, 0.29) is 10.8 Å². The zero-order valence-corrected chi connectivity index (χ0v) is 17.8. The Labute approximate surface area is 173 Å². The summed E-state index contributed by atoms with van der Waals surface area (Å²) in [6.07, 6.45) is 2.91. The second kappa shape index (κ2) is 7.50. The molecule has 1 amide bonds. The van der Waals surface area contributed by atoms with E-state index in [1.807, 2.05) is 11.0 Å². The molecule has 4 rings (SSSR count). The Morgan fingerprint density at radius 1 is 1.17 bits per heavy atom. The first kappa shape index (κ1) is 20.0. The summed E-state index contributed by atoms with van der Waals surface area (Å²) in [5.41, 5.74) is 2.31. The topological polar surface area (TPSA) is 67.3 Å². The number of hydrogen-bond acceptors (Lipinski definition) is 5. The highest BCUT2D eigenvalue weighted by atomic mass is 32.2. The molecule has 1 fully saturated rings. The number of nitrogens with zero attached hydrogens (tertiary/aromatic N) is 2. The highest BCUT2D eigenvalue weighted by Gasteiger charge is 2.22. The lowest BCUT2D eigenvalue weighted by atomic mass is 9.89. The Hall–Kier alpha value is -2.32. The zero-order chi connectivity index (χ0) is 20.8. The van der Waals surface area contributed by atoms with E-state index in [9.17, 15) is 17.6 Å². The normalized spacial score (nSPS) is 15.8. The average molecular weight is 433 g/mol. The standard InChI is InChI=1S/C21H21FN2O3S2/c1-13(25)24-9-7-14(8-10-24)15-3-6-19-20(11-15)28-21(23-19)17-5-4-16(12-18(17)22)29(2,26)27/h3-6,11-12,14H,7-10H2,1-2H3. The fourth-order valence-corrected chi connectivity index (χ4v) is 5.41. The molecule has 0 unspecified atom stereocenters. The van der Waals surface area contributed by atoms with E-state index in [1.165, 1.54) is 29.0 Å². The van der Waals surface area contributed by atoms with Crippen LogP contribution in [0, 0.1) is 5.82 Å². The number of aromatic nitrogens is 1. The number of halogens is 1. The number of piperidine rings is 1. The predicted octanol–water partition coefficient (Wildman–Crippen LogP) is 4.23. The van der Waals surface area contributed by atoms with Gasteiger partial charge in [-0.2, -0.15) is 0 Å². The van der Waals surface area contributed by atoms with Crippen molar-refractivity contribution in [3.05, 3.63) is 47.8 Å². The molecule has 1 saturated heterocycles. The van der Waals surface area contributed by atoms with Crippen LogP contribution in [0.15, 0.2) is 41.3 Å². The molecule has 1 aliphatic rings. The number of amides is 1. The summed E-state index contributed by atoms with van der Waals surface area (Å²) in [6.45, 7) is 3.14. The molecule has 0 atom stereocenters. The third kappa shape index (κ3) is 4.04. The average Bonchev–Trinajstić information content (AvgIpc) is 3.10. The van der Waals surface area contributed by atoms with Gasteiger partial charge in [0.15, 0.2) is 9.84 Å². The molecule has 0 N–H and O–H groups in total. The van der Waals surface area contributed by atoms with Gasteiger partial charge in [-0.25, -0.2) is 17.8 Å². The van der Waals surface area contributed by atoms with Crippen LogP contribution in [0.3, 0.4) is 0 Å². The van der Waals surface area contributed by atoms with E-state index in [0.29, 0.717) is 16.5 Å². The molecule has 3 aromatic rings. The quantitative estimate of drug-likeness (QED) is 0.621. The third-order valence-electron chi connectivity index (χ3n) is 5.42. The molecule has 2 heterocycles. The Balaban J connectivity index is 1.62. The van der Waals surface area contributed by atoms with Gasteiger partial charge >= 0.3 is 0 Å². The van der Waals surface area contributed by atoms with E-state index in [1.54, 1.807) is 6.92 Å². The van der Waals surface area contributed by atoms with Gasteiger partial charge in [-0.05, 0) is 54.7 Å². The third-order valence-corrected chi connectivity index (χ3v) is 7.58. The van der Waals surface area contributed by atoms with E-state index in [4.69, 9.17) is 0 Å². The summed E-state index contributed by atoms with van der Waals surface area (Å²) in [4.78, 5) is 17.9. The van der Waals surface area contributed by atoms with Crippen molar-refractivity contribution in [1.29, 1.82) is 0 Å². The first-order valence-electron chi connectivity index (χ1n) is 9.38. The lowest BCUT2D eigenvalue weighted by Crippen LogP contribution is -2.36. The number of carbonyl (C=O) groups is 1. The molecule has 29 heavy (non-hydrogen) atoms. The minimum Gasteiger partial charge on any atom is -0.343 e. The van der Waals surface area contributed by atoms with Crippen LogP contribution >= 0.6 is 11.3 Å². The highest BCUT2D eigenvalue weighted by molar-refractivity contribution is 7.90. The van der Waals surface area contributed by atoms with Crippen molar-refractivity contribution in [3.8, 4) is 10.6 Å². The van der Waals surface area contributed by atoms with E-state index < -0.39 is 15.7 Å². The lowest BCUT2D eigenvalue weighted by molar-refractivity contribution is -0.129. The first-order chi connectivity index (χ1) is 13.7. The smallest absolute Gasteiger partial charge is 0.219 e. The largest absolute Gasteiger partial charge is 0.343 e. The van der Waals surface area contributed by atoms with Crippen LogP contribution in [-0.2, 0) is 14.6 Å². The van der Waals surface area contributed by atoms with Crippen LogP contribution < -0.4 is 0 Å². The molecular weight excluding hydrogens is 411 g/mol. The molecule has 2 aromatic carbocycles. The number of rotatable bonds is 3. The SMILES string of the molecule is CC(=O)N1CCC(c2ccc3nc(-c4ccc(S(C)(=O)=O)cc4F)sc3c2)CC1. The van der Waals surface area contributed by atoms with Gasteiger partial charge in [-0.15, -0.1) is 11.3 Å². The van der Waals surface area contributed by atoms with Gasteiger partial charge in [0.25, 0.3) is 0 Å². The number of likely N-dealkylation sites (tertiary alicyclic amines) is 1. The summed E-state index contributed by atoms with van der Waals surface area (Å²) in [5.74, 6) is -0.0786. The van der Waals surface area contributed by atoms with Crippen LogP contribution in [0.2, 0.25) is 0 Å². The summed E-state index contributed by atoms with van der Waals surface area (Å²) in [5, 5.41) is 0.529. The van der Waals surface area contributed by atoms with E-state index in [0.717, 1.165) is 48.5 Å². The molecule has 0 spiro atoms. The Bertz CT molecular complexity index is 1200. The van der Waals surface area contributed by atoms with Crippen molar-refractivity contribution in [2.24, 2.45) is 0 Å². The van der Waals surface area contributed by atoms with Gasteiger partial charge in [0, 0.05) is 31.8 Å². The predicted molar refractivity (Wildman–Crippen MR) is 112 cm³/mol. The molecule has 152 valence electrons. The fourth-order valence-electron chi connectivity index (χ4n) is 3.74. The van der Waals surface area contributed by atoms with Crippen LogP contribution in [0.4, 0.5) is 4.39 Å². The van der Waals surface area contributed by atoms with Crippen LogP contribution in [0.1, 0.15) is 31.2 Å². The summed E-state index contributed by atoms with van der Waals surface area (Å²) < 4.78 is 38.7. The van der Waals surface area contributed by atoms with Gasteiger partial charge in [0.1, 0.15) is 10.8 Å². The molecule has 0 radical (unpaired) electrons. The first-order valence-corrected chi connectivity index (χ1v) is 12.1. The monoisotopic (exact) mass is 432 g/mol. The Morgan fingerprint density at radius 3 is 2.52 bits per heavy atom. The minimum atomic E-state index is -3.46. The van der Waals surface area contributed by atoms with Crippen molar-refractivity contribution in [3.63, 3.8) is 0 Å². The summed E-state index contributed by atoms with van der Waals surface area (Å²) in [7, 11) is -3.46. The Morgan fingerprint density at radius 2 is 1.90 bits per heavy atom. The van der Waals surface area contributed by atoms with E-state index >= 15 is 0 Å². The van der Waals surface area contributed by atoms with Crippen molar-refractivity contribution in [2.75, 3.05) is 19.3 Å². The van der Waals surface area contributed by atoms with Gasteiger partial charge in [-0.3, -0.25) is 4.79 Å². The number of hydrogen-bond donors (Lipinski definition) is 0. The van der Waals surface area contributed by atoms with Crippen LogP contribution in [0.5, 0.6) is 0 Å². The number of benzene rings is 2. The molecule has 5 nitrogen and oxygen atoms in total. The molecule has 0 saturated carbocycles. The molecule has 1 aromatic heterocycles. The minimum absolute atomic E-state index is 0.0425.